The van der Waals surface area contributed by atoms with Crippen molar-refractivity contribution in [3.05, 3.63) is 29.8 Å². The summed E-state index contributed by atoms with van der Waals surface area (Å²) in [5.74, 6) is -0.481. The smallest absolute Gasteiger partial charge is 0.251 e. The first-order valence-electron chi connectivity index (χ1n) is 9.35. The van der Waals surface area contributed by atoms with E-state index in [0.717, 1.165) is 6.42 Å². The molecule has 3 amide bonds. The molecule has 0 spiro atoms. The number of nitrogens with two attached hydrogens (primary N) is 1. The predicted molar refractivity (Wildman–Crippen MR) is 106 cm³/mol. The number of nitrogens with one attached hydrogen (secondary N) is 3. The lowest BCUT2D eigenvalue weighted by Gasteiger charge is -2.09. The average Bonchev–Trinajstić information content (AvgIpc) is 2.68. The van der Waals surface area contributed by atoms with E-state index in [2.05, 4.69) is 16.0 Å². The van der Waals surface area contributed by atoms with Crippen LogP contribution >= 0.6 is 0 Å². The van der Waals surface area contributed by atoms with Gasteiger partial charge in [0.05, 0.1) is 19.8 Å². The Hall–Kier alpha value is -2.65. The third kappa shape index (κ3) is 11.1. The Morgan fingerprint density at radius 1 is 0.857 bits per heavy atom. The number of carbonyl (C=O) groups excluding carboxylic acids is 3. The summed E-state index contributed by atoms with van der Waals surface area (Å²) in [6, 6.07) is 6.58. The van der Waals surface area contributed by atoms with Gasteiger partial charge in [0.15, 0.2) is 0 Å². The minimum absolute atomic E-state index is 0.0173. The highest BCUT2D eigenvalue weighted by Gasteiger charge is 2.05. The van der Waals surface area contributed by atoms with Crippen LogP contribution in [-0.2, 0) is 19.1 Å². The van der Waals surface area contributed by atoms with Crippen molar-refractivity contribution in [2.24, 2.45) is 0 Å². The Kier molecular flexibility index (Phi) is 12.0. The molecule has 9 nitrogen and oxygen atoms in total. The Labute approximate surface area is 165 Å². The zero-order valence-corrected chi connectivity index (χ0v) is 16.3. The van der Waals surface area contributed by atoms with Gasteiger partial charge < -0.3 is 31.2 Å². The summed E-state index contributed by atoms with van der Waals surface area (Å²) >= 11 is 0. The van der Waals surface area contributed by atoms with E-state index in [-0.39, 0.29) is 30.9 Å². The summed E-state index contributed by atoms with van der Waals surface area (Å²) in [4.78, 5) is 34.7. The first kappa shape index (κ1) is 23.4. The molecule has 1 aromatic carbocycles. The SMILES string of the molecule is CCCC(=O)NCCOCCOCC(=O)NCCNC(=O)c1ccc(N)cc1. The Balaban J connectivity index is 1.95. The van der Waals surface area contributed by atoms with Crippen molar-refractivity contribution < 1.29 is 23.9 Å². The Morgan fingerprint density at radius 2 is 1.50 bits per heavy atom. The first-order chi connectivity index (χ1) is 13.5. The van der Waals surface area contributed by atoms with E-state index in [1.54, 1.807) is 24.3 Å². The lowest BCUT2D eigenvalue weighted by Crippen LogP contribution is -2.36. The Morgan fingerprint density at radius 3 is 2.21 bits per heavy atom. The van der Waals surface area contributed by atoms with Crippen LogP contribution in [0.5, 0.6) is 0 Å². The van der Waals surface area contributed by atoms with Crippen LogP contribution in [0, 0.1) is 0 Å². The van der Waals surface area contributed by atoms with Crippen LogP contribution in [0.1, 0.15) is 30.1 Å². The topological polar surface area (TPSA) is 132 Å². The molecule has 1 rings (SSSR count). The fraction of sp³-hybridized carbons (Fsp3) is 0.526. The number of hydrogen-bond donors (Lipinski definition) is 4. The fourth-order valence-electron chi connectivity index (χ4n) is 2.13. The summed E-state index contributed by atoms with van der Waals surface area (Å²) in [7, 11) is 0. The van der Waals surface area contributed by atoms with Gasteiger partial charge in [0, 0.05) is 37.3 Å². The zero-order valence-electron chi connectivity index (χ0n) is 16.3. The van der Waals surface area contributed by atoms with Gasteiger partial charge in [-0.25, -0.2) is 0 Å². The molecule has 5 N–H and O–H groups in total. The molecule has 0 fully saturated rings. The molecule has 0 saturated heterocycles. The summed E-state index contributed by atoms with van der Waals surface area (Å²) in [5.41, 5.74) is 6.67. The van der Waals surface area contributed by atoms with Crippen LogP contribution < -0.4 is 21.7 Å². The molecule has 0 saturated carbocycles. The minimum atomic E-state index is -0.270. The van der Waals surface area contributed by atoms with E-state index < -0.39 is 0 Å². The summed E-state index contributed by atoms with van der Waals surface area (Å²) in [6.45, 7) is 3.96. The highest BCUT2D eigenvalue weighted by atomic mass is 16.5. The number of hydrogen-bond acceptors (Lipinski definition) is 6. The molecular formula is C19H30N4O5. The van der Waals surface area contributed by atoms with Gasteiger partial charge in [-0.15, -0.1) is 0 Å². The number of anilines is 1. The standard InChI is InChI=1S/C19H30N4O5/c1-2-3-17(24)22-10-11-27-12-13-28-14-18(25)21-8-9-23-19(26)15-4-6-16(20)7-5-15/h4-7H,2-3,8-14,20H2,1H3,(H,21,25)(H,22,24)(H,23,26). The molecule has 0 aliphatic rings. The zero-order chi connectivity index (χ0) is 20.6. The van der Waals surface area contributed by atoms with E-state index in [9.17, 15) is 14.4 Å². The largest absolute Gasteiger partial charge is 0.399 e. The van der Waals surface area contributed by atoms with Crippen molar-refractivity contribution in [3.63, 3.8) is 0 Å². The quantitative estimate of drug-likeness (QED) is 0.261. The molecule has 0 aromatic heterocycles. The molecule has 0 radical (unpaired) electrons. The molecule has 0 unspecified atom stereocenters. The van der Waals surface area contributed by atoms with Gasteiger partial charge in [0.2, 0.25) is 11.8 Å². The van der Waals surface area contributed by atoms with Crippen LogP contribution in [0.2, 0.25) is 0 Å². The van der Waals surface area contributed by atoms with Crippen molar-refractivity contribution in [1.29, 1.82) is 0 Å². The van der Waals surface area contributed by atoms with Crippen molar-refractivity contribution in [2.75, 3.05) is 51.8 Å². The van der Waals surface area contributed by atoms with Gasteiger partial charge >= 0.3 is 0 Å². The van der Waals surface area contributed by atoms with Gasteiger partial charge in [0.25, 0.3) is 5.91 Å². The number of amides is 3. The van der Waals surface area contributed by atoms with E-state index in [1.165, 1.54) is 0 Å². The molecular weight excluding hydrogens is 364 g/mol. The molecule has 28 heavy (non-hydrogen) atoms. The average molecular weight is 394 g/mol. The number of carbonyl (C=O) groups is 3. The monoisotopic (exact) mass is 394 g/mol. The molecule has 156 valence electrons. The molecule has 0 heterocycles. The van der Waals surface area contributed by atoms with Gasteiger partial charge in [-0.2, -0.15) is 0 Å². The van der Waals surface area contributed by atoms with E-state index in [4.69, 9.17) is 15.2 Å². The molecule has 1 aromatic rings. The first-order valence-corrected chi connectivity index (χ1v) is 9.35. The van der Waals surface area contributed by atoms with E-state index in [1.807, 2.05) is 6.92 Å². The molecule has 0 atom stereocenters. The lowest BCUT2D eigenvalue weighted by molar-refractivity contribution is -0.126. The highest BCUT2D eigenvalue weighted by Crippen LogP contribution is 2.04. The normalized spacial score (nSPS) is 10.3. The van der Waals surface area contributed by atoms with E-state index >= 15 is 0 Å². The maximum absolute atomic E-state index is 11.9. The van der Waals surface area contributed by atoms with Crippen LogP contribution in [0.25, 0.3) is 0 Å². The second kappa shape index (κ2) is 14.4. The Bertz CT molecular complexity index is 607. The van der Waals surface area contributed by atoms with Gasteiger partial charge in [-0.05, 0) is 30.7 Å². The van der Waals surface area contributed by atoms with Crippen molar-refractivity contribution >= 4 is 23.4 Å². The van der Waals surface area contributed by atoms with Gasteiger partial charge in [-0.1, -0.05) is 6.92 Å². The number of rotatable bonds is 14. The van der Waals surface area contributed by atoms with Gasteiger partial charge in [0.1, 0.15) is 6.61 Å². The molecule has 9 heteroatoms. The summed E-state index contributed by atoms with van der Waals surface area (Å²) < 4.78 is 10.5. The van der Waals surface area contributed by atoms with Crippen molar-refractivity contribution in [2.45, 2.75) is 19.8 Å². The van der Waals surface area contributed by atoms with Crippen LogP contribution in [0.15, 0.2) is 24.3 Å². The highest BCUT2D eigenvalue weighted by molar-refractivity contribution is 5.94. The maximum Gasteiger partial charge on any atom is 0.251 e. The summed E-state index contributed by atoms with van der Waals surface area (Å²) in [5, 5.41) is 8.09. The van der Waals surface area contributed by atoms with Crippen LogP contribution in [0.3, 0.4) is 0 Å². The van der Waals surface area contributed by atoms with Crippen molar-refractivity contribution in [3.8, 4) is 0 Å². The number of ether oxygens (including phenoxy) is 2. The van der Waals surface area contributed by atoms with Gasteiger partial charge in [-0.3, -0.25) is 14.4 Å². The predicted octanol–water partition coefficient (Wildman–Crippen LogP) is 0.0643. The second-order valence-electron chi connectivity index (χ2n) is 5.99. The summed E-state index contributed by atoms with van der Waals surface area (Å²) in [6.07, 6.45) is 1.33. The molecule has 0 aliphatic heterocycles. The fourth-order valence-corrected chi connectivity index (χ4v) is 2.13. The molecule has 0 aliphatic carbocycles. The second-order valence-corrected chi connectivity index (χ2v) is 5.99. The third-order valence-corrected chi connectivity index (χ3v) is 3.56. The van der Waals surface area contributed by atoms with E-state index in [0.29, 0.717) is 50.5 Å². The minimum Gasteiger partial charge on any atom is -0.399 e. The van der Waals surface area contributed by atoms with Crippen molar-refractivity contribution in [1.82, 2.24) is 16.0 Å². The van der Waals surface area contributed by atoms with Crippen LogP contribution in [0.4, 0.5) is 5.69 Å². The third-order valence-electron chi connectivity index (χ3n) is 3.56. The number of nitrogen functional groups attached to an aromatic ring is 1. The molecule has 0 bridgehead atoms. The van der Waals surface area contributed by atoms with Crippen LogP contribution in [-0.4, -0.2) is 63.8 Å². The number of benzene rings is 1. The lowest BCUT2D eigenvalue weighted by atomic mass is 10.2. The maximum atomic E-state index is 11.9.